The van der Waals surface area contributed by atoms with Gasteiger partial charge in [-0.3, -0.25) is 5.32 Å². The topological polar surface area (TPSA) is 102 Å². The predicted octanol–water partition coefficient (Wildman–Crippen LogP) is 2.74. The summed E-state index contributed by atoms with van der Waals surface area (Å²) in [4.78, 5) is 22.3. The SMILES string of the molecule is CC(C)(C)OC(=O)Nc1ccn2ncc(OC(=O)O)c2c1. The van der Waals surface area contributed by atoms with E-state index in [9.17, 15) is 9.59 Å². The van der Waals surface area contributed by atoms with Crippen LogP contribution in [0.4, 0.5) is 15.3 Å². The van der Waals surface area contributed by atoms with E-state index in [0.29, 0.717) is 11.2 Å². The Labute approximate surface area is 120 Å². The van der Waals surface area contributed by atoms with Crippen LogP contribution in [0.5, 0.6) is 5.75 Å². The Balaban J connectivity index is 2.21. The Kier molecular flexibility index (Phi) is 3.70. The minimum Gasteiger partial charge on any atom is -0.449 e. The van der Waals surface area contributed by atoms with E-state index in [1.807, 2.05) is 0 Å². The lowest BCUT2D eigenvalue weighted by Gasteiger charge is -2.19. The molecule has 2 N–H and O–H groups in total. The Bertz CT molecular complexity index is 687. The van der Waals surface area contributed by atoms with Gasteiger partial charge in [-0.25, -0.2) is 14.1 Å². The van der Waals surface area contributed by atoms with Gasteiger partial charge in [0.15, 0.2) is 5.75 Å². The summed E-state index contributed by atoms with van der Waals surface area (Å²) in [5.74, 6) is 0.0790. The number of carbonyl (C=O) groups excluding carboxylic acids is 1. The van der Waals surface area contributed by atoms with Gasteiger partial charge in [0.25, 0.3) is 0 Å². The molecule has 2 heterocycles. The number of anilines is 1. The van der Waals surface area contributed by atoms with Crippen molar-refractivity contribution in [3.05, 3.63) is 24.5 Å². The number of ether oxygens (including phenoxy) is 2. The number of carboxylic acid groups (broad SMARTS) is 1. The molecule has 0 aliphatic heterocycles. The maximum Gasteiger partial charge on any atom is 0.511 e. The number of fused-ring (bicyclic) bond motifs is 1. The van der Waals surface area contributed by atoms with Crippen molar-refractivity contribution in [1.82, 2.24) is 9.61 Å². The van der Waals surface area contributed by atoms with Crippen LogP contribution in [-0.4, -0.2) is 32.6 Å². The molecule has 0 atom stereocenters. The van der Waals surface area contributed by atoms with Crippen molar-refractivity contribution < 1.29 is 24.2 Å². The second-order valence-corrected chi connectivity index (χ2v) is 5.25. The lowest BCUT2D eigenvalue weighted by atomic mass is 10.2. The normalized spacial score (nSPS) is 11.2. The number of carbonyl (C=O) groups is 2. The van der Waals surface area contributed by atoms with Crippen LogP contribution in [0.15, 0.2) is 24.5 Å². The molecule has 0 saturated carbocycles. The van der Waals surface area contributed by atoms with Crippen LogP contribution >= 0.6 is 0 Å². The predicted molar refractivity (Wildman–Crippen MR) is 73.7 cm³/mol. The zero-order valence-corrected chi connectivity index (χ0v) is 11.8. The third-order valence-corrected chi connectivity index (χ3v) is 2.33. The molecule has 112 valence electrons. The molecule has 2 aromatic heterocycles. The van der Waals surface area contributed by atoms with Crippen molar-refractivity contribution in [3.8, 4) is 5.75 Å². The number of rotatable bonds is 2. The van der Waals surface area contributed by atoms with Gasteiger partial charge in [-0.05, 0) is 32.9 Å². The van der Waals surface area contributed by atoms with Crippen LogP contribution in [0.1, 0.15) is 20.8 Å². The van der Waals surface area contributed by atoms with Crippen molar-refractivity contribution in [2.75, 3.05) is 5.32 Å². The Hall–Kier alpha value is -2.77. The van der Waals surface area contributed by atoms with Crippen molar-refractivity contribution in [1.29, 1.82) is 0 Å². The van der Waals surface area contributed by atoms with Crippen LogP contribution in [0.3, 0.4) is 0 Å². The minimum absolute atomic E-state index is 0.0790. The third-order valence-electron chi connectivity index (χ3n) is 2.33. The standard InChI is InChI=1S/C13H15N3O5/c1-13(2,3)21-11(17)15-8-4-5-16-9(6-8)10(7-14-16)20-12(18)19/h4-7H,1-3H3,(H,15,17)(H,18,19). The number of amides is 1. The smallest absolute Gasteiger partial charge is 0.449 e. The second kappa shape index (κ2) is 5.31. The summed E-state index contributed by atoms with van der Waals surface area (Å²) in [5, 5.41) is 15.1. The van der Waals surface area contributed by atoms with Crippen molar-refractivity contribution in [2.45, 2.75) is 26.4 Å². The molecule has 0 spiro atoms. The maximum absolute atomic E-state index is 11.7. The van der Waals surface area contributed by atoms with Gasteiger partial charge in [0.1, 0.15) is 11.1 Å². The quantitative estimate of drug-likeness (QED) is 0.825. The molecule has 0 aliphatic carbocycles. The Morgan fingerprint density at radius 2 is 2.10 bits per heavy atom. The van der Waals surface area contributed by atoms with Gasteiger partial charge < -0.3 is 14.6 Å². The highest BCUT2D eigenvalue weighted by atomic mass is 16.7. The molecule has 1 amide bonds. The fourth-order valence-electron chi connectivity index (χ4n) is 1.63. The summed E-state index contributed by atoms with van der Waals surface area (Å²) in [7, 11) is 0. The van der Waals surface area contributed by atoms with E-state index in [1.165, 1.54) is 16.8 Å². The van der Waals surface area contributed by atoms with Crippen molar-refractivity contribution in [3.63, 3.8) is 0 Å². The van der Waals surface area contributed by atoms with Crippen molar-refractivity contribution in [2.24, 2.45) is 0 Å². The van der Waals surface area contributed by atoms with Gasteiger partial charge in [0.2, 0.25) is 0 Å². The lowest BCUT2D eigenvalue weighted by Crippen LogP contribution is -2.27. The van der Waals surface area contributed by atoms with E-state index >= 15 is 0 Å². The number of aromatic nitrogens is 2. The Morgan fingerprint density at radius 1 is 1.38 bits per heavy atom. The van der Waals surface area contributed by atoms with Gasteiger partial charge in [0, 0.05) is 11.9 Å². The fraction of sp³-hybridized carbons (Fsp3) is 0.308. The third kappa shape index (κ3) is 3.85. The first-order chi connectivity index (χ1) is 9.74. The summed E-state index contributed by atoms with van der Waals surface area (Å²) in [6, 6.07) is 3.14. The molecular formula is C13H15N3O5. The van der Waals surface area contributed by atoms with E-state index in [-0.39, 0.29) is 5.75 Å². The summed E-state index contributed by atoms with van der Waals surface area (Å²) in [5.41, 5.74) is 0.237. The second-order valence-electron chi connectivity index (χ2n) is 5.25. The minimum atomic E-state index is -1.43. The van der Waals surface area contributed by atoms with E-state index in [0.717, 1.165) is 0 Å². The average Bonchev–Trinajstić information content (AvgIpc) is 2.68. The van der Waals surface area contributed by atoms with Gasteiger partial charge >= 0.3 is 12.2 Å². The largest absolute Gasteiger partial charge is 0.511 e. The van der Waals surface area contributed by atoms with Crippen LogP contribution in [0.25, 0.3) is 5.52 Å². The summed E-state index contributed by atoms with van der Waals surface area (Å²) >= 11 is 0. The molecule has 2 rings (SSSR count). The zero-order chi connectivity index (χ0) is 15.6. The summed E-state index contributed by atoms with van der Waals surface area (Å²) in [6.07, 6.45) is 0.805. The summed E-state index contributed by atoms with van der Waals surface area (Å²) in [6.45, 7) is 5.27. The lowest BCUT2D eigenvalue weighted by molar-refractivity contribution is 0.0635. The molecule has 21 heavy (non-hydrogen) atoms. The molecule has 0 radical (unpaired) electrons. The highest BCUT2D eigenvalue weighted by Crippen LogP contribution is 2.23. The monoisotopic (exact) mass is 293 g/mol. The molecule has 8 heteroatoms. The highest BCUT2D eigenvalue weighted by molar-refractivity contribution is 5.86. The molecule has 0 saturated heterocycles. The van der Waals surface area contributed by atoms with Crippen LogP contribution in [0.2, 0.25) is 0 Å². The first-order valence-corrected chi connectivity index (χ1v) is 6.13. The number of hydrogen-bond acceptors (Lipinski definition) is 5. The van der Waals surface area contributed by atoms with Gasteiger partial charge in [-0.2, -0.15) is 5.10 Å². The summed E-state index contributed by atoms with van der Waals surface area (Å²) < 4.78 is 11.2. The van der Waals surface area contributed by atoms with Crippen LogP contribution in [-0.2, 0) is 4.74 Å². The number of nitrogens with zero attached hydrogens (tertiary/aromatic N) is 2. The van der Waals surface area contributed by atoms with E-state index < -0.39 is 17.8 Å². The maximum atomic E-state index is 11.7. The fourth-order valence-corrected chi connectivity index (χ4v) is 1.63. The molecule has 2 aromatic rings. The molecule has 8 nitrogen and oxygen atoms in total. The number of pyridine rings is 1. The molecule has 0 unspecified atom stereocenters. The molecule has 0 fully saturated rings. The van der Waals surface area contributed by atoms with Gasteiger partial charge in [0.05, 0.1) is 6.20 Å². The average molecular weight is 293 g/mol. The van der Waals surface area contributed by atoms with Gasteiger partial charge in [-0.1, -0.05) is 0 Å². The molecule has 0 bridgehead atoms. The molecular weight excluding hydrogens is 278 g/mol. The van der Waals surface area contributed by atoms with Crippen LogP contribution < -0.4 is 10.1 Å². The van der Waals surface area contributed by atoms with E-state index in [2.05, 4.69) is 15.2 Å². The first-order valence-electron chi connectivity index (χ1n) is 6.13. The highest BCUT2D eigenvalue weighted by Gasteiger charge is 2.17. The van der Waals surface area contributed by atoms with E-state index in [1.54, 1.807) is 33.0 Å². The number of hydrogen-bond donors (Lipinski definition) is 2. The van der Waals surface area contributed by atoms with Crippen LogP contribution in [0, 0.1) is 0 Å². The van der Waals surface area contributed by atoms with E-state index in [4.69, 9.17) is 9.84 Å². The molecule has 0 aromatic carbocycles. The number of nitrogens with one attached hydrogen (secondary N) is 1. The zero-order valence-electron chi connectivity index (χ0n) is 11.8. The Morgan fingerprint density at radius 3 is 2.71 bits per heavy atom. The molecule has 0 aliphatic rings. The first kappa shape index (κ1) is 14.6. The van der Waals surface area contributed by atoms with Crippen molar-refractivity contribution >= 4 is 23.5 Å². The van der Waals surface area contributed by atoms with Gasteiger partial charge in [-0.15, -0.1) is 0 Å².